The number of aryl methyl sites for hydroxylation is 1. The molecular formula is C12H11BrO2. The summed E-state index contributed by atoms with van der Waals surface area (Å²) in [6.45, 7) is 2.01. The van der Waals surface area contributed by atoms with Crippen molar-refractivity contribution in [2.24, 2.45) is 0 Å². The second-order valence-electron chi connectivity index (χ2n) is 3.41. The number of fused-ring (bicyclic) bond motifs is 1. The van der Waals surface area contributed by atoms with E-state index in [1.54, 1.807) is 7.11 Å². The van der Waals surface area contributed by atoms with Gasteiger partial charge in [0.1, 0.15) is 11.5 Å². The van der Waals surface area contributed by atoms with Crippen LogP contribution in [0.1, 0.15) is 5.56 Å². The van der Waals surface area contributed by atoms with E-state index in [1.807, 2.05) is 31.2 Å². The minimum atomic E-state index is 0.230. The van der Waals surface area contributed by atoms with E-state index in [2.05, 4.69) is 15.9 Å². The number of rotatable bonds is 1. The molecule has 1 N–H and O–H groups in total. The number of hydrogen-bond donors (Lipinski definition) is 1. The van der Waals surface area contributed by atoms with Crippen molar-refractivity contribution in [2.45, 2.75) is 6.92 Å². The Labute approximate surface area is 96.6 Å². The molecule has 0 heterocycles. The highest BCUT2D eigenvalue weighted by Crippen LogP contribution is 2.39. The molecule has 0 aliphatic rings. The molecule has 0 atom stereocenters. The molecule has 0 amide bonds. The summed E-state index contributed by atoms with van der Waals surface area (Å²) in [5, 5.41) is 11.7. The van der Waals surface area contributed by atoms with Crippen LogP contribution in [0.2, 0.25) is 0 Å². The number of methoxy groups -OCH3 is 1. The van der Waals surface area contributed by atoms with Crippen molar-refractivity contribution in [3.8, 4) is 11.5 Å². The third-order valence-electron chi connectivity index (χ3n) is 2.48. The molecule has 0 saturated heterocycles. The number of aromatic hydroxyl groups is 1. The van der Waals surface area contributed by atoms with Gasteiger partial charge >= 0.3 is 0 Å². The summed E-state index contributed by atoms with van der Waals surface area (Å²) in [4.78, 5) is 0. The first-order chi connectivity index (χ1) is 7.15. The van der Waals surface area contributed by atoms with E-state index in [9.17, 15) is 5.11 Å². The molecule has 0 aromatic heterocycles. The van der Waals surface area contributed by atoms with Crippen LogP contribution in [0.25, 0.3) is 10.8 Å². The molecule has 0 unspecified atom stereocenters. The predicted molar refractivity (Wildman–Crippen MR) is 64.6 cm³/mol. The fourth-order valence-corrected chi connectivity index (χ4v) is 2.27. The molecule has 0 saturated carbocycles. The van der Waals surface area contributed by atoms with Gasteiger partial charge < -0.3 is 9.84 Å². The van der Waals surface area contributed by atoms with Crippen LogP contribution in [0.4, 0.5) is 0 Å². The number of ether oxygens (including phenoxy) is 1. The normalized spacial score (nSPS) is 10.6. The minimum absolute atomic E-state index is 0.230. The largest absolute Gasteiger partial charge is 0.506 e. The fourth-order valence-electron chi connectivity index (χ4n) is 1.73. The molecule has 0 radical (unpaired) electrons. The second-order valence-corrected chi connectivity index (χ2v) is 4.26. The molecule has 2 aromatic carbocycles. The lowest BCUT2D eigenvalue weighted by Gasteiger charge is -2.10. The lowest BCUT2D eigenvalue weighted by molar-refractivity contribution is 0.416. The first-order valence-electron chi connectivity index (χ1n) is 4.60. The Kier molecular flexibility index (Phi) is 2.57. The number of benzene rings is 2. The first-order valence-corrected chi connectivity index (χ1v) is 5.39. The summed E-state index contributed by atoms with van der Waals surface area (Å²) in [5.41, 5.74) is 1.11. The number of halogens is 1. The van der Waals surface area contributed by atoms with E-state index in [0.29, 0.717) is 10.2 Å². The summed E-state index contributed by atoms with van der Waals surface area (Å²) in [7, 11) is 1.60. The molecule has 0 bridgehead atoms. The lowest BCUT2D eigenvalue weighted by atomic mass is 10.0. The van der Waals surface area contributed by atoms with Gasteiger partial charge in [-0.05, 0) is 45.9 Å². The Bertz CT molecular complexity index is 521. The van der Waals surface area contributed by atoms with Crippen LogP contribution in [-0.4, -0.2) is 12.2 Å². The Morgan fingerprint density at radius 2 is 2.07 bits per heavy atom. The summed E-state index contributed by atoms with van der Waals surface area (Å²) in [6.07, 6.45) is 0. The maximum atomic E-state index is 9.97. The highest BCUT2D eigenvalue weighted by atomic mass is 79.9. The standard InChI is InChI=1S/C12H11BrO2/c1-7-6-9(13)12(14)11-8(7)4-3-5-10(11)15-2/h3-6,14H,1-2H3. The zero-order valence-electron chi connectivity index (χ0n) is 8.54. The van der Waals surface area contributed by atoms with Crippen LogP contribution in [0.5, 0.6) is 11.5 Å². The van der Waals surface area contributed by atoms with Crippen molar-refractivity contribution in [2.75, 3.05) is 7.11 Å². The number of hydrogen-bond acceptors (Lipinski definition) is 2. The van der Waals surface area contributed by atoms with Gasteiger partial charge in [0.2, 0.25) is 0 Å². The van der Waals surface area contributed by atoms with Gasteiger partial charge in [0.25, 0.3) is 0 Å². The van der Waals surface area contributed by atoms with Gasteiger partial charge in [-0.15, -0.1) is 0 Å². The van der Waals surface area contributed by atoms with Gasteiger partial charge in [-0.1, -0.05) is 12.1 Å². The van der Waals surface area contributed by atoms with E-state index in [-0.39, 0.29) is 5.75 Å². The average molecular weight is 267 g/mol. The lowest BCUT2D eigenvalue weighted by Crippen LogP contribution is -1.87. The molecule has 0 aliphatic carbocycles. The zero-order chi connectivity index (χ0) is 11.0. The van der Waals surface area contributed by atoms with Crippen LogP contribution in [0.15, 0.2) is 28.7 Å². The smallest absolute Gasteiger partial charge is 0.141 e. The molecule has 3 heteroatoms. The summed E-state index contributed by atoms with van der Waals surface area (Å²) in [6, 6.07) is 7.63. The van der Waals surface area contributed by atoms with Crippen molar-refractivity contribution >= 4 is 26.7 Å². The maximum Gasteiger partial charge on any atom is 0.141 e. The van der Waals surface area contributed by atoms with Gasteiger partial charge in [0.05, 0.1) is 17.0 Å². The van der Waals surface area contributed by atoms with E-state index in [4.69, 9.17) is 4.74 Å². The van der Waals surface area contributed by atoms with Crippen molar-refractivity contribution in [3.05, 3.63) is 34.3 Å². The van der Waals surface area contributed by atoms with Crippen LogP contribution >= 0.6 is 15.9 Å². The Hall–Kier alpha value is -1.22. The van der Waals surface area contributed by atoms with Crippen molar-refractivity contribution in [3.63, 3.8) is 0 Å². The summed E-state index contributed by atoms with van der Waals surface area (Å²) >= 11 is 3.32. The van der Waals surface area contributed by atoms with Crippen LogP contribution in [0.3, 0.4) is 0 Å². The molecule has 2 nitrogen and oxygen atoms in total. The van der Waals surface area contributed by atoms with Crippen LogP contribution in [-0.2, 0) is 0 Å². The van der Waals surface area contributed by atoms with Crippen LogP contribution < -0.4 is 4.74 Å². The molecule has 2 aromatic rings. The Morgan fingerprint density at radius 3 is 2.73 bits per heavy atom. The fraction of sp³-hybridized carbons (Fsp3) is 0.167. The third kappa shape index (κ3) is 1.57. The third-order valence-corrected chi connectivity index (χ3v) is 3.08. The maximum absolute atomic E-state index is 9.97. The summed E-state index contributed by atoms with van der Waals surface area (Å²) < 4.78 is 5.93. The molecule has 2 rings (SSSR count). The van der Waals surface area contributed by atoms with E-state index >= 15 is 0 Å². The summed E-state index contributed by atoms with van der Waals surface area (Å²) in [5.74, 6) is 0.919. The number of phenols is 1. The van der Waals surface area contributed by atoms with E-state index < -0.39 is 0 Å². The van der Waals surface area contributed by atoms with Gasteiger partial charge in [-0.2, -0.15) is 0 Å². The van der Waals surface area contributed by atoms with Crippen molar-refractivity contribution < 1.29 is 9.84 Å². The van der Waals surface area contributed by atoms with Gasteiger partial charge in [0, 0.05) is 0 Å². The Balaban J connectivity index is 2.96. The molecule has 0 spiro atoms. The van der Waals surface area contributed by atoms with Crippen molar-refractivity contribution in [1.82, 2.24) is 0 Å². The van der Waals surface area contributed by atoms with E-state index in [0.717, 1.165) is 16.3 Å². The van der Waals surface area contributed by atoms with E-state index in [1.165, 1.54) is 0 Å². The molecular weight excluding hydrogens is 256 g/mol. The van der Waals surface area contributed by atoms with Crippen molar-refractivity contribution in [1.29, 1.82) is 0 Å². The quantitative estimate of drug-likeness (QED) is 0.855. The van der Waals surface area contributed by atoms with Gasteiger partial charge in [-0.3, -0.25) is 0 Å². The van der Waals surface area contributed by atoms with Gasteiger partial charge in [-0.25, -0.2) is 0 Å². The van der Waals surface area contributed by atoms with Gasteiger partial charge in [0.15, 0.2) is 0 Å². The predicted octanol–water partition coefficient (Wildman–Crippen LogP) is 3.62. The number of phenolic OH excluding ortho intramolecular Hbond substituents is 1. The van der Waals surface area contributed by atoms with Crippen LogP contribution in [0, 0.1) is 6.92 Å². The average Bonchev–Trinajstić information content (AvgIpc) is 2.25. The molecule has 0 fully saturated rings. The zero-order valence-corrected chi connectivity index (χ0v) is 10.1. The Morgan fingerprint density at radius 1 is 1.33 bits per heavy atom. The highest BCUT2D eigenvalue weighted by molar-refractivity contribution is 9.10. The monoisotopic (exact) mass is 266 g/mol. The molecule has 0 aliphatic heterocycles. The highest BCUT2D eigenvalue weighted by Gasteiger charge is 2.11. The second kappa shape index (κ2) is 3.74. The molecule has 15 heavy (non-hydrogen) atoms. The molecule has 78 valence electrons. The SMILES string of the molecule is COc1cccc2c(C)cc(Br)c(O)c12. The first kappa shape index (κ1) is 10.3. The minimum Gasteiger partial charge on any atom is -0.506 e. The topological polar surface area (TPSA) is 29.5 Å².